The van der Waals surface area contributed by atoms with Crippen LogP contribution in [0.25, 0.3) is 0 Å². The second kappa shape index (κ2) is 5.97. The van der Waals surface area contributed by atoms with E-state index >= 15 is 0 Å². The van der Waals surface area contributed by atoms with Crippen LogP contribution in [0, 0.1) is 12.7 Å². The lowest BCUT2D eigenvalue weighted by atomic mass is 10.0. The Morgan fingerprint density at radius 1 is 1.18 bits per heavy atom. The van der Waals surface area contributed by atoms with Crippen molar-refractivity contribution in [3.63, 3.8) is 0 Å². The highest BCUT2D eigenvalue weighted by Crippen LogP contribution is 2.24. The second-order valence-corrected chi connectivity index (χ2v) is 5.10. The maximum absolute atomic E-state index is 12.9. The van der Waals surface area contributed by atoms with Gasteiger partial charge in [-0.25, -0.2) is 4.39 Å². The number of nitrogens with zero attached hydrogens (tertiary/aromatic N) is 1. The molecule has 1 aliphatic heterocycles. The van der Waals surface area contributed by atoms with Gasteiger partial charge in [0, 0.05) is 6.42 Å². The molecule has 0 saturated heterocycles. The van der Waals surface area contributed by atoms with Crippen LogP contribution in [-0.2, 0) is 0 Å². The number of carbonyl (C=O) groups excluding carboxylic acids is 1. The third-order valence-corrected chi connectivity index (χ3v) is 3.40. The zero-order chi connectivity index (χ0) is 15.5. The first kappa shape index (κ1) is 14.3. The molecule has 1 N–H and O–H groups in total. The van der Waals surface area contributed by atoms with Crippen LogP contribution in [-0.4, -0.2) is 18.1 Å². The van der Waals surface area contributed by atoms with E-state index in [1.54, 1.807) is 24.3 Å². The number of nitrogens with one attached hydrogen (secondary N) is 1. The number of benzene rings is 2. The maximum Gasteiger partial charge on any atom is 0.212 e. The quantitative estimate of drug-likeness (QED) is 0.862. The summed E-state index contributed by atoms with van der Waals surface area (Å²) in [5.41, 5.74) is 5.32. The van der Waals surface area contributed by atoms with Gasteiger partial charge in [-0.2, -0.15) is 5.10 Å². The molecule has 0 amide bonds. The van der Waals surface area contributed by atoms with Gasteiger partial charge in [0.25, 0.3) is 0 Å². The number of anilines is 1. The molecule has 0 aromatic heterocycles. The third-order valence-electron chi connectivity index (χ3n) is 3.40. The van der Waals surface area contributed by atoms with Crippen LogP contribution in [0.3, 0.4) is 0 Å². The lowest BCUT2D eigenvalue weighted by Crippen LogP contribution is -2.15. The fourth-order valence-electron chi connectivity index (χ4n) is 2.24. The molecule has 2 aromatic rings. The standard InChI is InChI=1S/C17H15FN2O2/c1-11-2-7-16-14(10-11)17(21)15(8-9-22-16)20-19-13-5-3-12(18)4-6-13/h2-7,10,19H,8-9H2,1H3/b20-15+. The number of fused-ring (bicyclic) bond motifs is 1. The molecule has 0 radical (unpaired) electrons. The molecule has 0 fully saturated rings. The molecule has 0 spiro atoms. The van der Waals surface area contributed by atoms with E-state index in [0.717, 1.165) is 5.56 Å². The van der Waals surface area contributed by atoms with Gasteiger partial charge in [-0.05, 0) is 43.3 Å². The fourth-order valence-corrected chi connectivity index (χ4v) is 2.24. The highest BCUT2D eigenvalue weighted by atomic mass is 19.1. The van der Waals surface area contributed by atoms with Crippen LogP contribution in [0.15, 0.2) is 47.6 Å². The lowest BCUT2D eigenvalue weighted by Gasteiger charge is -2.06. The molecule has 0 atom stereocenters. The number of hydrazone groups is 1. The Labute approximate surface area is 127 Å². The molecule has 1 heterocycles. The summed E-state index contributed by atoms with van der Waals surface area (Å²) in [4.78, 5) is 12.6. The van der Waals surface area contributed by atoms with Crippen LogP contribution < -0.4 is 10.2 Å². The fraction of sp³-hybridized carbons (Fsp3) is 0.176. The van der Waals surface area contributed by atoms with E-state index in [-0.39, 0.29) is 11.6 Å². The van der Waals surface area contributed by atoms with Gasteiger partial charge in [0.15, 0.2) is 0 Å². The Kier molecular flexibility index (Phi) is 3.87. The molecule has 22 heavy (non-hydrogen) atoms. The first-order valence-corrected chi connectivity index (χ1v) is 7.00. The topological polar surface area (TPSA) is 50.7 Å². The van der Waals surface area contributed by atoms with Crippen molar-refractivity contribution in [3.05, 3.63) is 59.4 Å². The first-order chi connectivity index (χ1) is 10.6. The Balaban J connectivity index is 1.86. The second-order valence-electron chi connectivity index (χ2n) is 5.10. The summed E-state index contributed by atoms with van der Waals surface area (Å²) >= 11 is 0. The summed E-state index contributed by atoms with van der Waals surface area (Å²) in [5.74, 6) is 0.120. The van der Waals surface area contributed by atoms with Crippen molar-refractivity contribution in [2.24, 2.45) is 5.10 Å². The Morgan fingerprint density at radius 2 is 1.95 bits per heavy atom. The smallest absolute Gasteiger partial charge is 0.212 e. The lowest BCUT2D eigenvalue weighted by molar-refractivity contribution is 0.106. The Hall–Kier alpha value is -2.69. The van der Waals surface area contributed by atoms with E-state index in [2.05, 4.69) is 10.5 Å². The molecule has 1 aliphatic rings. The highest BCUT2D eigenvalue weighted by molar-refractivity contribution is 6.46. The van der Waals surface area contributed by atoms with E-state index in [9.17, 15) is 9.18 Å². The van der Waals surface area contributed by atoms with Crippen LogP contribution in [0.1, 0.15) is 22.3 Å². The molecule has 0 bridgehead atoms. The maximum atomic E-state index is 12.9. The number of ketones is 1. The van der Waals surface area contributed by atoms with Gasteiger partial charge >= 0.3 is 0 Å². The SMILES string of the molecule is Cc1ccc2c(c1)C(=O)/C(=N/Nc1ccc(F)cc1)CCO2. The average molecular weight is 298 g/mol. The molecule has 0 saturated carbocycles. The molecule has 0 unspecified atom stereocenters. The number of Topliss-reactive ketones (excluding diaryl/α,β-unsaturated/α-hetero) is 1. The summed E-state index contributed by atoms with van der Waals surface area (Å²) in [6, 6.07) is 11.3. The number of hydrogen-bond donors (Lipinski definition) is 1. The summed E-state index contributed by atoms with van der Waals surface area (Å²) < 4.78 is 18.5. The third kappa shape index (κ3) is 2.98. The van der Waals surface area contributed by atoms with E-state index in [4.69, 9.17) is 4.74 Å². The predicted molar refractivity (Wildman–Crippen MR) is 83.1 cm³/mol. The minimum atomic E-state index is -0.318. The van der Waals surface area contributed by atoms with Crippen molar-refractivity contribution in [1.82, 2.24) is 0 Å². The number of ether oxygens (including phenoxy) is 1. The van der Waals surface area contributed by atoms with Gasteiger partial charge in [-0.3, -0.25) is 10.2 Å². The van der Waals surface area contributed by atoms with Gasteiger partial charge in [0.05, 0.1) is 17.9 Å². The van der Waals surface area contributed by atoms with E-state index in [0.29, 0.717) is 35.7 Å². The van der Waals surface area contributed by atoms with Crippen molar-refractivity contribution in [3.8, 4) is 5.75 Å². The predicted octanol–water partition coefficient (Wildman–Crippen LogP) is 3.57. The van der Waals surface area contributed by atoms with Crippen molar-refractivity contribution in [2.45, 2.75) is 13.3 Å². The van der Waals surface area contributed by atoms with E-state index in [1.807, 2.05) is 13.0 Å². The minimum absolute atomic E-state index is 0.147. The number of rotatable bonds is 2. The molecule has 4 nitrogen and oxygen atoms in total. The largest absolute Gasteiger partial charge is 0.492 e. The molecule has 3 rings (SSSR count). The molecule has 5 heteroatoms. The van der Waals surface area contributed by atoms with Gasteiger partial charge in [-0.15, -0.1) is 0 Å². The van der Waals surface area contributed by atoms with Gasteiger partial charge in [0.1, 0.15) is 17.3 Å². The summed E-state index contributed by atoms with van der Waals surface area (Å²) in [6.45, 7) is 2.32. The zero-order valence-electron chi connectivity index (χ0n) is 12.1. The summed E-state index contributed by atoms with van der Waals surface area (Å²) in [7, 11) is 0. The number of hydrogen-bond acceptors (Lipinski definition) is 4. The molecular weight excluding hydrogens is 283 g/mol. The Morgan fingerprint density at radius 3 is 2.73 bits per heavy atom. The summed E-state index contributed by atoms with van der Waals surface area (Å²) in [5, 5.41) is 4.17. The molecular formula is C17H15FN2O2. The monoisotopic (exact) mass is 298 g/mol. The van der Waals surface area contributed by atoms with Crippen LogP contribution >= 0.6 is 0 Å². The van der Waals surface area contributed by atoms with Crippen LogP contribution in [0.5, 0.6) is 5.75 Å². The number of aryl methyl sites for hydroxylation is 1. The summed E-state index contributed by atoms with van der Waals surface area (Å²) in [6.07, 6.45) is 0.417. The number of carbonyl (C=O) groups is 1. The highest BCUT2D eigenvalue weighted by Gasteiger charge is 2.22. The van der Waals surface area contributed by atoms with Crippen LogP contribution in [0.4, 0.5) is 10.1 Å². The molecule has 112 valence electrons. The molecule has 0 aliphatic carbocycles. The van der Waals surface area contributed by atoms with Gasteiger partial charge in [-0.1, -0.05) is 11.6 Å². The van der Waals surface area contributed by atoms with Crippen molar-refractivity contribution < 1.29 is 13.9 Å². The van der Waals surface area contributed by atoms with Crippen molar-refractivity contribution >= 4 is 17.2 Å². The zero-order valence-corrected chi connectivity index (χ0v) is 12.1. The first-order valence-electron chi connectivity index (χ1n) is 7.00. The molecule has 2 aromatic carbocycles. The number of halogens is 1. The Bertz CT molecular complexity index is 739. The van der Waals surface area contributed by atoms with Gasteiger partial charge in [0.2, 0.25) is 5.78 Å². The van der Waals surface area contributed by atoms with Crippen LogP contribution in [0.2, 0.25) is 0 Å². The van der Waals surface area contributed by atoms with E-state index < -0.39 is 0 Å². The normalized spacial score (nSPS) is 15.9. The van der Waals surface area contributed by atoms with Gasteiger partial charge < -0.3 is 4.74 Å². The van der Waals surface area contributed by atoms with Crippen molar-refractivity contribution in [1.29, 1.82) is 0 Å². The minimum Gasteiger partial charge on any atom is -0.492 e. The average Bonchev–Trinajstić information content (AvgIpc) is 2.67. The van der Waals surface area contributed by atoms with Crippen molar-refractivity contribution in [2.75, 3.05) is 12.0 Å². The van der Waals surface area contributed by atoms with E-state index in [1.165, 1.54) is 12.1 Å².